The highest BCUT2D eigenvalue weighted by molar-refractivity contribution is 9.10. The van der Waals surface area contributed by atoms with Crippen molar-refractivity contribution in [2.24, 2.45) is 0 Å². The lowest BCUT2D eigenvalue weighted by atomic mass is 10.1. The number of halogens is 2. The minimum atomic E-state index is -0.368. The summed E-state index contributed by atoms with van der Waals surface area (Å²) in [6, 6.07) is 12.2. The van der Waals surface area contributed by atoms with Crippen molar-refractivity contribution in [1.82, 2.24) is 0 Å². The summed E-state index contributed by atoms with van der Waals surface area (Å²) < 4.78 is 14.4. The van der Waals surface area contributed by atoms with Gasteiger partial charge < -0.3 is 5.32 Å². The third-order valence-corrected chi connectivity index (χ3v) is 3.52. The lowest BCUT2D eigenvalue weighted by molar-refractivity contribution is -0.115. The fourth-order valence-electron chi connectivity index (χ4n) is 2.00. The van der Waals surface area contributed by atoms with Gasteiger partial charge in [-0.05, 0) is 41.8 Å². The number of carbonyl (C=O) groups is 1. The number of para-hydroxylation sites is 1. The first-order chi connectivity index (χ1) is 9.60. The summed E-state index contributed by atoms with van der Waals surface area (Å²) in [6.45, 7) is 2.03. The molecule has 0 radical (unpaired) electrons. The molecule has 2 rings (SSSR count). The average Bonchev–Trinajstić information content (AvgIpc) is 2.43. The van der Waals surface area contributed by atoms with Crippen LogP contribution < -0.4 is 5.32 Å². The van der Waals surface area contributed by atoms with Crippen molar-refractivity contribution in [1.29, 1.82) is 0 Å². The molecule has 0 unspecified atom stereocenters. The Morgan fingerprint density at radius 2 is 1.95 bits per heavy atom. The Hall–Kier alpha value is -1.68. The number of anilines is 1. The number of carbonyl (C=O) groups excluding carboxylic acids is 1. The summed E-state index contributed by atoms with van der Waals surface area (Å²) in [5.74, 6) is -0.588. The van der Waals surface area contributed by atoms with Gasteiger partial charge in [0.05, 0.1) is 6.42 Å². The second-order valence-electron chi connectivity index (χ2n) is 4.47. The van der Waals surface area contributed by atoms with E-state index < -0.39 is 0 Å². The summed E-state index contributed by atoms with van der Waals surface area (Å²) in [5.41, 5.74) is 2.23. The predicted octanol–water partition coefficient (Wildman–Crippen LogP) is 4.33. The fraction of sp³-hybridized carbons (Fsp3) is 0.188. The molecular weight excluding hydrogens is 321 g/mol. The molecule has 20 heavy (non-hydrogen) atoms. The molecule has 0 saturated heterocycles. The Balaban J connectivity index is 2.11. The van der Waals surface area contributed by atoms with E-state index in [1.165, 1.54) is 6.07 Å². The van der Waals surface area contributed by atoms with Crippen molar-refractivity contribution in [3.05, 3.63) is 63.9 Å². The molecule has 2 aromatic carbocycles. The van der Waals surface area contributed by atoms with Crippen LogP contribution in [0.15, 0.2) is 46.9 Å². The first-order valence-electron chi connectivity index (χ1n) is 6.42. The van der Waals surface area contributed by atoms with Gasteiger partial charge in [0.2, 0.25) is 5.91 Å². The van der Waals surface area contributed by atoms with Crippen LogP contribution in [0.5, 0.6) is 0 Å². The van der Waals surface area contributed by atoms with Crippen LogP contribution in [0.2, 0.25) is 0 Å². The van der Waals surface area contributed by atoms with Gasteiger partial charge in [-0.3, -0.25) is 4.79 Å². The third-order valence-electron chi connectivity index (χ3n) is 3.03. The molecule has 0 heterocycles. The maximum Gasteiger partial charge on any atom is 0.228 e. The molecule has 0 fully saturated rings. The molecule has 104 valence electrons. The van der Waals surface area contributed by atoms with E-state index in [2.05, 4.69) is 21.2 Å². The topological polar surface area (TPSA) is 29.1 Å². The Morgan fingerprint density at radius 3 is 2.70 bits per heavy atom. The molecule has 2 nitrogen and oxygen atoms in total. The zero-order valence-electron chi connectivity index (χ0n) is 11.1. The van der Waals surface area contributed by atoms with Gasteiger partial charge in [-0.15, -0.1) is 0 Å². The van der Waals surface area contributed by atoms with E-state index in [1.807, 2.05) is 31.2 Å². The van der Waals surface area contributed by atoms with Crippen molar-refractivity contribution in [2.75, 3.05) is 5.32 Å². The summed E-state index contributed by atoms with van der Waals surface area (Å²) in [5, 5.41) is 2.84. The molecule has 0 aromatic heterocycles. The fourth-order valence-corrected chi connectivity index (χ4v) is 2.41. The smallest absolute Gasteiger partial charge is 0.228 e. The minimum absolute atomic E-state index is 0.0172. The molecule has 0 atom stereocenters. The molecule has 0 spiro atoms. The Kier molecular flexibility index (Phi) is 4.90. The van der Waals surface area contributed by atoms with E-state index in [0.29, 0.717) is 5.56 Å². The second-order valence-corrected chi connectivity index (χ2v) is 5.39. The lowest BCUT2D eigenvalue weighted by Gasteiger charge is -2.10. The normalized spacial score (nSPS) is 10.3. The first kappa shape index (κ1) is 14.7. The minimum Gasteiger partial charge on any atom is -0.326 e. The quantitative estimate of drug-likeness (QED) is 0.885. The molecule has 2 aromatic rings. The van der Waals surface area contributed by atoms with Crippen molar-refractivity contribution in [2.45, 2.75) is 19.8 Å². The highest BCUT2D eigenvalue weighted by Gasteiger charge is 2.10. The van der Waals surface area contributed by atoms with E-state index in [4.69, 9.17) is 0 Å². The summed E-state index contributed by atoms with van der Waals surface area (Å²) in [7, 11) is 0. The van der Waals surface area contributed by atoms with Crippen molar-refractivity contribution < 1.29 is 9.18 Å². The van der Waals surface area contributed by atoms with E-state index in [9.17, 15) is 9.18 Å². The SMILES string of the molecule is CCc1ccccc1NC(=O)Cc1cc(Br)ccc1F. The highest BCUT2D eigenvalue weighted by Crippen LogP contribution is 2.18. The number of nitrogens with one attached hydrogen (secondary N) is 1. The summed E-state index contributed by atoms with van der Waals surface area (Å²) in [4.78, 5) is 12.0. The molecule has 1 amide bonds. The second kappa shape index (κ2) is 6.66. The average molecular weight is 336 g/mol. The van der Waals surface area contributed by atoms with Gasteiger partial charge in [-0.25, -0.2) is 4.39 Å². The van der Waals surface area contributed by atoms with E-state index in [1.54, 1.807) is 12.1 Å². The van der Waals surface area contributed by atoms with E-state index in [0.717, 1.165) is 22.1 Å². The molecule has 0 saturated carbocycles. The standard InChI is InChI=1S/C16H15BrFNO/c1-2-11-5-3-4-6-15(11)19-16(20)10-12-9-13(17)7-8-14(12)18/h3-9H,2,10H2,1H3,(H,19,20). The van der Waals surface area contributed by atoms with Gasteiger partial charge in [0.1, 0.15) is 5.82 Å². The molecule has 0 bridgehead atoms. The van der Waals surface area contributed by atoms with Gasteiger partial charge in [-0.1, -0.05) is 41.1 Å². The number of hydrogen-bond donors (Lipinski definition) is 1. The van der Waals surface area contributed by atoms with Crippen LogP contribution in [0.4, 0.5) is 10.1 Å². The number of rotatable bonds is 4. The number of aryl methyl sites for hydroxylation is 1. The first-order valence-corrected chi connectivity index (χ1v) is 7.21. The number of hydrogen-bond acceptors (Lipinski definition) is 1. The zero-order valence-corrected chi connectivity index (χ0v) is 12.7. The molecule has 0 aliphatic rings. The van der Waals surface area contributed by atoms with Gasteiger partial charge in [-0.2, -0.15) is 0 Å². The number of amides is 1. The van der Waals surface area contributed by atoms with E-state index >= 15 is 0 Å². The highest BCUT2D eigenvalue weighted by atomic mass is 79.9. The maximum absolute atomic E-state index is 13.6. The Morgan fingerprint density at radius 1 is 1.20 bits per heavy atom. The van der Waals surface area contributed by atoms with Crippen LogP contribution in [0.1, 0.15) is 18.1 Å². The molecule has 1 N–H and O–H groups in total. The zero-order chi connectivity index (χ0) is 14.5. The summed E-state index contributed by atoms with van der Waals surface area (Å²) in [6.07, 6.45) is 0.852. The van der Waals surface area contributed by atoms with Crippen LogP contribution in [-0.2, 0) is 17.6 Å². The van der Waals surface area contributed by atoms with Crippen molar-refractivity contribution in [3.63, 3.8) is 0 Å². The van der Waals surface area contributed by atoms with Gasteiger partial charge in [0, 0.05) is 10.2 Å². The Labute approximate surface area is 126 Å². The van der Waals surface area contributed by atoms with Gasteiger partial charge >= 0.3 is 0 Å². The third kappa shape index (κ3) is 3.67. The van der Waals surface area contributed by atoms with Crippen LogP contribution in [0.25, 0.3) is 0 Å². The van der Waals surface area contributed by atoms with Crippen molar-refractivity contribution >= 4 is 27.5 Å². The van der Waals surface area contributed by atoms with E-state index in [-0.39, 0.29) is 18.1 Å². The molecule has 0 aliphatic heterocycles. The lowest BCUT2D eigenvalue weighted by Crippen LogP contribution is -2.16. The van der Waals surface area contributed by atoms with Crippen LogP contribution >= 0.6 is 15.9 Å². The predicted molar refractivity (Wildman–Crippen MR) is 82.3 cm³/mol. The molecule has 0 aliphatic carbocycles. The molecular formula is C16H15BrFNO. The number of benzene rings is 2. The van der Waals surface area contributed by atoms with Gasteiger partial charge in [0.25, 0.3) is 0 Å². The molecule has 4 heteroatoms. The van der Waals surface area contributed by atoms with Gasteiger partial charge in [0.15, 0.2) is 0 Å². The maximum atomic E-state index is 13.6. The van der Waals surface area contributed by atoms with Crippen LogP contribution in [0, 0.1) is 5.82 Å². The van der Waals surface area contributed by atoms with Crippen LogP contribution in [-0.4, -0.2) is 5.91 Å². The van der Waals surface area contributed by atoms with Crippen molar-refractivity contribution in [3.8, 4) is 0 Å². The largest absolute Gasteiger partial charge is 0.326 e. The van der Waals surface area contributed by atoms with Crippen LogP contribution in [0.3, 0.4) is 0 Å². The monoisotopic (exact) mass is 335 g/mol. The summed E-state index contributed by atoms with van der Waals surface area (Å²) >= 11 is 3.28. The Bertz CT molecular complexity index is 628.